The largest absolute Gasteiger partial charge is 0.476 e. The van der Waals surface area contributed by atoms with Gasteiger partial charge in [0.05, 0.1) is 6.61 Å². The molecule has 0 fully saturated rings. The zero-order chi connectivity index (χ0) is 12.8. The van der Waals surface area contributed by atoms with E-state index in [1.807, 2.05) is 13.8 Å². The fourth-order valence-electron chi connectivity index (χ4n) is 1.31. The van der Waals surface area contributed by atoms with Crippen molar-refractivity contribution in [3.8, 4) is 5.88 Å². The molecule has 0 bridgehead atoms. The van der Waals surface area contributed by atoms with Crippen LogP contribution in [0.2, 0.25) is 0 Å². The standard InChI is InChI=1S/C12H22N4O/c1-5-7-17-12-10(13)11(14-8(3)6-2)15-9(4)16-12/h8H,5-7,13H2,1-4H3,(H,14,15,16). The molecule has 0 radical (unpaired) electrons. The normalized spacial score (nSPS) is 12.2. The molecule has 1 aromatic rings. The number of nitrogens with one attached hydrogen (secondary N) is 1. The number of rotatable bonds is 6. The Morgan fingerprint density at radius 3 is 2.65 bits per heavy atom. The maximum atomic E-state index is 5.98. The number of hydrogen-bond donors (Lipinski definition) is 2. The number of nitrogens with two attached hydrogens (primary N) is 1. The number of hydrogen-bond acceptors (Lipinski definition) is 5. The molecule has 0 saturated heterocycles. The van der Waals surface area contributed by atoms with Gasteiger partial charge >= 0.3 is 0 Å². The fourth-order valence-corrected chi connectivity index (χ4v) is 1.31. The molecule has 3 N–H and O–H groups in total. The third-order valence-corrected chi connectivity index (χ3v) is 2.46. The summed E-state index contributed by atoms with van der Waals surface area (Å²) in [5.41, 5.74) is 6.47. The van der Waals surface area contributed by atoms with Gasteiger partial charge in [-0.3, -0.25) is 0 Å². The van der Waals surface area contributed by atoms with Crippen LogP contribution in [0, 0.1) is 6.92 Å². The Balaban J connectivity index is 2.92. The summed E-state index contributed by atoms with van der Waals surface area (Å²) in [4.78, 5) is 8.51. The summed E-state index contributed by atoms with van der Waals surface area (Å²) in [6.07, 6.45) is 1.93. The summed E-state index contributed by atoms with van der Waals surface area (Å²) in [5.74, 6) is 1.80. The molecule has 1 rings (SSSR count). The highest BCUT2D eigenvalue weighted by Crippen LogP contribution is 2.26. The third-order valence-electron chi connectivity index (χ3n) is 2.46. The van der Waals surface area contributed by atoms with Crippen LogP contribution in [0.4, 0.5) is 11.5 Å². The Morgan fingerprint density at radius 1 is 1.35 bits per heavy atom. The second-order valence-electron chi connectivity index (χ2n) is 4.14. The molecule has 0 amide bonds. The van der Waals surface area contributed by atoms with Crippen molar-refractivity contribution >= 4 is 11.5 Å². The summed E-state index contributed by atoms with van der Waals surface area (Å²) in [7, 11) is 0. The topological polar surface area (TPSA) is 73.1 Å². The van der Waals surface area contributed by atoms with Crippen LogP contribution in [0.1, 0.15) is 39.4 Å². The van der Waals surface area contributed by atoms with Gasteiger partial charge < -0.3 is 15.8 Å². The average Bonchev–Trinajstić information content (AvgIpc) is 2.31. The van der Waals surface area contributed by atoms with Gasteiger partial charge in [0.2, 0.25) is 5.88 Å². The van der Waals surface area contributed by atoms with Gasteiger partial charge in [-0.1, -0.05) is 13.8 Å². The highest BCUT2D eigenvalue weighted by Gasteiger charge is 2.12. The van der Waals surface area contributed by atoms with Crippen LogP contribution in [-0.2, 0) is 0 Å². The minimum Gasteiger partial charge on any atom is -0.476 e. The number of ether oxygens (including phenoxy) is 1. The summed E-state index contributed by atoms with van der Waals surface area (Å²) in [5, 5.41) is 3.26. The van der Waals surface area contributed by atoms with Crippen LogP contribution in [0.25, 0.3) is 0 Å². The zero-order valence-corrected chi connectivity index (χ0v) is 11.1. The Hall–Kier alpha value is -1.52. The Bertz CT molecular complexity index is 368. The molecule has 1 aromatic heterocycles. The SMILES string of the molecule is CCCOc1nc(C)nc(NC(C)CC)c1N. The van der Waals surface area contributed by atoms with Crippen LogP contribution in [-0.4, -0.2) is 22.6 Å². The van der Waals surface area contributed by atoms with Gasteiger partial charge in [-0.2, -0.15) is 4.98 Å². The van der Waals surface area contributed by atoms with Gasteiger partial charge in [-0.25, -0.2) is 4.98 Å². The quantitative estimate of drug-likeness (QED) is 0.796. The van der Waals surface area contributed by atoms with Gasteiger partial charge in [0.15, 0.2) is 5.82 Å². The highest BCUT2D eigenvalue weighted by atomic mass is 16.5. The fraction of sp³-hybridized carbons (Fsp3) is 0.667. The third kappa shape index (κ3) is 3.76. The lowest BCUT2D eigenvalue weighted by Gasteiger charge is -2.16. The summed E-state index contributed by atoms with van der Waals surface area (Å²) in [6, 6.07) is 0.325. The molecule has 5 heteroatoms. The number of aromatic nitrogens is 2. The molecule has 1 unspecified atom stereocenters. The van der Waals surface area contributed by atoms with Gasteiger partial charge in [0.1, 0.15) is 11.5 Å². The van der Waals surface area contributed by atoms with Crippen molar-refractivity contribution in [3.05, 3.63) is 5.82 Å². The Labute approximate surface area is 103 Å². The highest BCUT2D eigenvalue weighted by molar-refractivity contribution is 5.67. The maximum absolute atomic E-state index is 5.98. The summed E-state index contributed by atoms with van der Waals surface area (Å²) < 4.78 is 5.51. The summed E-state index contributed by atoms with van der Waals surface area (Å²) in [6.45, 7) is 8.69. The van der Waals surface area contributed by atoms with E-state index in [0.29, 0.717) is 35.9 Å². The first-order valence-corrected chi connectivity index (χ1v) is 6.11. The van der Waals surface area contributed by atoms with Crippen molar-refractivity contribution in [1.82, 2.24) is 9.97 Å². The monoisotopic (exact) mass is 238 g/mol. The van der Waals surface area contributed by atoms with Crippen molar-refractivity contribution < 1.29 is 4.74 Å². The van der Waals surface area contributed by atoms with Crippen molar-refractivity contribution in [3.63, 3.8) is 0 Å². The molecule has 0 spiro atoms. The van der Waals surface area contributed by atoms with E-state index < -0.39 is 0 Å². The minimum absolute atomic E-state index is 0.325. The molecular weight excluding hydrogens is 216 g/mol. The first-order chi connectivity index (χ1) is 8.08. The molecule has 0 aromatic carbocycles. The minimum atomic E-state index is 0.325. The van der Waals surface area contributed by atoms with Gasteiger partial charge in [-0.05, 0) is 26.7 Å². The molecule has 96 valence electrons. The van der Waals surface area contributed by atoms with Crippen LogP contribution in [0.5, 0.6) is 5.88 Å². The van der Waals surface area contributed by atoms with E-state index in [1.165, 1.54) is 0 Å². The lowest BCUT2D eigenvalue weighted by molar-refractivity contribution is 0.306. The van der Waals surface area contributed by atoms with Crippen molar-refractivity contribution in [1.29, 1.82) is 0 Å². The van der Waals surface area contributed by atoms with E-state index in [1.54, 1.807) is 0 Å². The van der Waals surface area contributed by atoms with Gasteiger partial charge in [0, 0.05) is 6.04 Å². The van der Waals surface area contributed by atoms with E-state index in [0.717, 1.165) is 12.8 Å². The number of aryl methyl sites for hydroxylation is 1. The molecule has 1 atom stereocenters. The lowest BCUT2D eigenvalue weighted by Crippen LogP contribution is -2.17. The van der Waals surface area contributed by atoms with Crippen LogP contribution < -0.4 is 15.8 Å². The van der Waals surface area contributed by atoms with E-state index in [2.05, 4.69) is 29.1 Å². The van der Waals surface area contributed by atoms with Crippen molar-refractivity contribution in [2.24, 2.45) is 0 Å². The number of nitrogen functional groups attached to an aromatic ring is 1. The first-order valence-electron chi connectivity index (χ1n) is 6.11. The predicted molar refractivity (Wildman–Crippen MR) is 70.3 cm³/mol. The Morgan fingerprint density at radius 2 is 2.06 bits per heavy atom. The maximum Gasteiger partial charge on any atom is 0.242 e. The molecule has 5 nitrogen and oxygen atoms in total. The summed E-state index contributed by atoms with van der Waals surface area (Å²) >= 11 is 0. The van der Waals surface area contributed by atoms with E-state index in [-0.39, 0.29) is 0 Å². The van der Waals surface area contributed by atoms with Gasteiger partial charge in [-0.15, -0.1) is 0 Å². The molecule has 0 aliphatic heterocycles. The average molecular weight is 238 g/mol. The molecule has 1 heterocycles. The smallest absolute Gasteiger partial charge is 0.242 e. The van der Waals surface area contributed by atoms with Crippen molar-refractivity contribution in [2.75, 3.05) is 17.7 Å². The molecule has 0 aliphatic rings. The number of nitrogens with zero attached hydrogens (tertiary/aromatic N) is 2. The molecule has 0 aliphatic carbocycles. The molecule has 17 heavy (non-hydrogen) atoms. The van der Waals surface area contributed by atoms with E-state index in [9.17, 15) is 0 Å². The predicted octanol–water partition coefficient (Wildman–Crippen LogP) is 2.37. The Kier molecular flexibility index (Phi) is 5.00. The second kappa shape index (κ2) is 6.27. The van der Waals surface area contributed by atoms with Crippen LogP contribution in [0.3, 0.4) is 0 Å². The van der Waals surface area contributed by atoms with Gasteiger partial charge in [0.25, 0.3) is 0 Å². The molecule has 0 saturated carbocycles. The first kappa shape index (κ1) is 13.5. The second-order valence-corrected chi connectivity index (χ2v) is 4.14. The van der Waals surface area contributed by atoms with Crippen LogP contribution >= 0.6 is 0 Å². The van der Waals surface area contributed by atoms with Crippen LogP contribution in [0.15, 0.2) is 0 Å². The van der Waals surface area contributed by atoms with E-state index in [4.69, 9.17) is 10.5 Å². The lowest BCUT2D eigenvalue weighted by atomic mass is 10.2. The number of anilines is 2. The van der Waals surface area contributed by atoms with E-state index >= 15 is 0 Å². The zero-order valence-electron chi connectivity index (χ0n) is 11.1. The molecular formula is C12H22N4O. The van der Waals surface area contributed by atoms with Crippen molar-refractivity contribution in [2.45, 2.75) is 46.6 Å².